The molecule has 0 fully saturated rings. The first-order valence-electron chi connectivity index (χ1n) is 11.5. The molecular formula is C26H26Cl2N2O6S. The predicted molar refractivity (Wildman–Crippen MR) is 141 cm³/mol. The highest BCUT2D eigenvalue weighted by Crippen LogP contribution is 2.49. The molecule has 196 valence electrons. The quantitative estimate of drug-likeness (QED) is 0.393. The summed E-state index contributed by atoms with van der Waals surface area (Å²) in [6.45, 7) is 1.36. The lowest BCUT2D eigenvalue weighted by molar-refractivity contribution is 0.202. The number of fused-ring (bicyclic) bond motifs is 1. The summed E-state index contributed by atoms with van der Waals surface area (Å²) < 4.78 is 41.0. The molecule has 0 saturated carbocycles. The predicted octanol–water partition coefficient (Wildman–Crippen LogP) is 4.90. The van der Waals surface area contributed by atoms with E-state index in [4.69, 9.17) is 36.9 Å². The van der Waals surface area contributed by atoms with Gasteiger partial charge in [-0.15, -0.1) is 0 Å². The van der Waals surface area contributed by atoms with E-state index in [2.05, 4.69) is 10.6 Å². The Hall–Kier alpha value is -2.98. The van der Waals surface area contributed by atoms with Crippen LogP contribution in [0.5, 0.6) is 11.5 Å². The number of hydrogen-bond acceptors (Lipinski definition) is 7. The number of halogens is 2. The molecule has 4 rings (SSSR count). The van der Waals surface area contributed by atoms with Crippen molar-refractivity contribution in [3.05, 3.63) is 86.9 Å². The molecule has 8 nitrogen and oxygen atoms in total. The van der Waals surface area contributed by atoms with Crippen molar-refractivity contribution in [3.8, 4) is 11.5 Å². The lowest BCUT2D eigenvalue weighted by atomic mass is 9.87. The molecule has 0 bridgehead atoms. The van der Waals surface area contributed by atoms with E-state index in [1.54, 1.807) is 24.3 Å². The second-order valence-corrected chi connectivity index (χ2v) is 10.6. The number of carbonyl (C=O) groups is 1. The molecule has 0 saturated heterocycles. The van der Waals surface area contributed by atoms with E-state index in [0.29, 0.717) is 41.1 Å². The Kier molecular flexibility index (Phi) is 8.49. The summed E-state index contributed by atoms with van der Waals surface area (Å²) in [5, 5.41) is 6.64. The largest absolute Gasteiger partial charge is 0.491 e. The molecule has 0 aliphatic carbocycles. The maximum absolute atomic E-state index is 12.7. The molecule has 37 heavy (non-hydrogen) atoms. The van der Waals surface area contributed by atoms with Crippen LogP contribution in [0.15, 0.2) is 59.5 Å². The average Bonchev–Trinajstić information content (AvgIpc) is 3.13. The third kappa shape index (κ3) is 5.80. The summed E-state index contributed by atoms with van der Waals surface area (Å²) in [5.74, 6) is 0.473. The Labute approximate surface area is 226 Å². The van der Waals surface area contributed by atoms with Crippen LogP contribution in [-0.4, -0.2) is 41.8 Å². The summed E-state index contributed by atoms with van der Waals surface area (Å²) in [6, 6.07) is 15.2. The normalized spacial score (nSPS) is 15.3. The Balaban J connectivity index is 1.58. The molecule has 1 atom stereocenters. The Morgan fingerprint density at radius 1 is 1.00 bits per heavy atom. The fourth-order valence-corrected chi connectivity index (χ4v) is 5.93. The third-order valence-corrected chi connectivity index (χ3v) is 8.12. The minimum absolute atomic E-state index is 0.139. The number of carbonyl (C=O) groups excluding carboxylic acids is 1. The fourth-order valence-electron chi connectivity index (χ4n) is 4.34. The van der Waals surface area contributed by atoms with Gasteiger partial charge < -0.3 is 24.3 Å². The summed E-state index contributed by atoms with van der Waals surface area (Å²) in [6.07, 6.45) is -0.430. The Bertz CT molecular complexity index is 1380. The standard InChI is InChI=1S/C26H26Cl2N2O6S/c1-34-24-22(27)19-12-13-29-15-20(21(19)23(28)25(24)35-2)17-8-10-18(11-9-17)37(32,33)36-26(31)30-14-16-6-4-3-5-7-16/h3-11,20,29H,12-15H2,1-2H3,(H,30,31). The van der Waals surface area contributed by atoms with Crippen molar-refractivity contribution in [1.29, 1.82) is 0 Å². The van der Waals surface area contributed by atoms with Gasteiger partial charge in [0.15, 0.2) is 11.5 Å². The van der Waals surface area contributed by atoms with Crippen molar-refractivity contribution < 1.29 is 26.9 Å². The Morgan fingerprint density at radius 2 is 1.65 bits per heavy atom. The van der Waals surface area contributed by atoms with Gasteiger partial charge in [-0.1, -0.05) is 65.7 Å². The van der Waals surface area contributed by atoms with Crippen LogP contribution in [0, 0.1) is 0 Å². The van der Waals surface area contributed by atoms with Gasteiger partial charge in [0.05, 0.1) is 24.3 Å². The van der Waals surface area contributed by atoms with Crippen molar-refractivity contribution in [3.63, 3.8) is 0 Å². The van der Waals surface area contributed by atoms with Crippen LogP contribution in [0.4, 0.5) is 4.79 Å². The van der Waals surface area contributed by atoms with Gasteiger partial charge in [0.1, 0.15) is 4.90 Å². The van der Waals surface area contributed by atoms with Crippen LogP contribution in [0.1, 0.15) is 28.2 Å². The maximum Gasteiger partial charge on any atom is 0.423 e. The van der Waals surface area contributed by atoms with Gasteiger partial charge in [-0.2, -0.15) is 8.42 Å². The number of methoxy groups -OCH3 is 2. The molecular weight excluding hydrogens is 539 g/mol. The monoisotopic (exact) mass is 564 g/mol. The maximum atomic E-state index is 12.7. The first-order valence-corrected chi connectivity index (χ1v) is 13.6. The van der Waals surface area contributed by atoms with Gasteiger partial charge in [-0.05, 0) is 47.4 Å². The molecule has 0 radical (unpaired) electrons. The van der Waals surface area contributed by atoms with Gasteiger partial charge >= 0.3 is 16.2 Å². The number of amides is 1. The van der Waals surface area contributed by atoms with E-state index in [1.807, 2.05) is 18.2 Å². The molecule has 1 aliphatic rings. The first kappa shape index (κ1) is 27.1. The fraction of sp³-hybridized carbons (Fsp3) is 0.269. The van der Waals surface area contributed by atoms with Crippen molar-refractivity contribution in [2.45, 2.75) is 23.8 Å². The molecule has 3 aromatic carbocycles. The van der Waals surface area contributed by atoms with E-state index >= 15 is 0 Å². The second-order valence-electron chi connectivity index (χ2n) is 8.33. The number of ether oxygens (including phenoxy) is 2. The second kappa shape index (κ2) is 11.6. The van der Waals surface area contributed by atoms with Gasteiger partial charge in [-0.25, -0.2) is 4.79 Å². The van der Waals surface area contributed by atoms with Crippen LogP contribution < -0.4 is 20.1 Å². The van der Waals surface area contributed by atoms with Crippen molar-refractivity contribution in [1.82, 2.24) is 10.6 Å². The van der Waals surface area contributed by atoms with Gasteiger partial charge in [0.25, 0.3) is 0 Å². The third-order valence-electron chi connectivity index (χ3n) is 6.12. The smallest absolute Gasteiger partial charge is 0.423 e. The lowest BCUT2D eigenvalue weighted by Gasteiger charge is -2.24. The zero-order chi connectivity index (χ0) is 26.6. The summed E-state index contributed by atoms with van der Waals surface area (Å²) in [7, 11) is -1.33. The van der Waals surface area contributed by atoms with E-state index in [0.717, 1.165) is 22.3 Å². The van der Waals surface area contributed by atoms with Crippen molar-refractivity contribution in [2.75, 3.05) is 27.3 Å². The molecule has 0 spiro atoms. The summed E-state index contributed by atoms with van der Waals surface area (Å²) in [4.78, 5) is 12.0. The van der Waals surface area contributed by atoms with Gasteiger partial charge in [-0.3, -0.25) is 0 Å². The number of nitrogens with one attached hydrogen (secondary N) is 2. The van der Waals surface area contributed by atoms with Crippen LogP contribution in [-0.2, 0) is 27.3 Å². The minimum Gasteiger partial charge on any atom is -0.491 e. The highest BCUT2D eigenvalue weighted by atomic mass is 35.5. The van der Waals surface area contributed by atoms with Crippen LogP contribution in [0.3, 0.4) is 0 Å². The Morgan fingerprint density at radius 3 is 2.30 bits per heavy atom. The summed E-state index contributed by atoms with van der Waals surface area (Å²) in [5.41, 5.74) is 3.25. The zero-order valence-corrected chi connectivity index (χ0v) is 22.5. The molecule has 1 amide bonds. The van der Waals surface area contributed by atoms with E-state index < -0.39 is 16.2 Å². The molecule has 3 aromatic rings. The van der Waals surface area contributed by atoms with Gasteiger partial charge in [0.2, 0.25) is 0 Å². The molecule has 1 aliphatic heterocycles. The molecule has 1 heterocycles. The number of benzene rings is 3. The zero-order valence-electron chi connectivity index (χ0n) is 20.2. The van der Waals surface area contributed by atoms with Crippen molar-refractivity contribution >= 4 is 39.4 Å². The topological polar surface area (TPSA) is 103 Å². The number of hydrogen-bond donors (Lipinski definition) is 2. The molecule has 2 N–H and O–H groups in total. The highest BCUT2D eigenvalue weighted by Gasteiger charge is 2.31. The molecule has 0 aromatic heterocycles. The van der Waals surface area contributed by atoms with Crippen molar-refractivity contribution in [2.24, 2.45) is 0 Å². The van der Waals surface area contributed by atoms with Gasteiger partial charge in [0, 0.05) is 19.0 Å². The van der Waals surface area contributed by atoms with E-state index in [1.165, 1.54) is 26.4 Å². The molecule has 1 unspecified atom stereocenters. The average molecular weight is 565 g/mol. The van der Waals surface area contributed by atoms with E-state index in [-0.39, 0.29) is 17.4 Å². The minimum atomic E-state index is -4.33. The lowest BCUT2D eigenvalue weighted by Crippen LogP contribution is -2.26. The van der Waals surface area contributed by atoms with Crippen LogP contribution >= 0.6 is 23.2 Å². The molecule has 11 heteroatoms. The van der Waals surface area contributed by atoms with Crippen LogP contribution in [0.2, 0.25) is 10.0 Å². The van der Waals surface area contributed by atoms with E-state index in [9.17, 15) is 13.2 Å². The van der Waals surface area contributed by atoms with Crippen LogP contribution in [0.25, 0.3) is 0 Å². The number of rotatable bonds is 7. The SMILES string of the molecule is COc1c(Cl)c2c(c(Cl)c1OC)C(c1ccc(S(=O)(=O)OC(=O)NCc3ccccc3)cc1)CNCC2. The summed E-state index contributed by atoms with van der Waals surface area (Å²) >= 11 is 13.5. The first-order chi connectivity index (χ1) is 17.8. The highest BCUT2D eigenvalue weighted by molar-refractivity contribution is 7.87.